The molecule has 3 aliphatic rings. The molecule has 1 aromatic rings. The van der Waals surface area contributed by atoms with Gasteiger partial charge in [-0.1, -0.05) is 12.1 Å². The highest BCUT2D eigenvalue weighted by molar-refractivity contribution is 5.80. The van der Waals surface area contributed by atoms with Gasteiger partial charge in [-0.3, -0.25) is 9.69 Å². The Hall–Kier alpha value is -2.33. The maximum absolute atomic E-state index is 11.8. The molecule has 1 saturated carbocycles. The zero-order valence-electron chi connectivity index (χ0n) is 17.9. The van der Waals surface area contributed by atoms with E-state index in [1.165, 1.54) is 5.56 Å². The Morgan fingerprint density at radius 2 is 1.88 bits per heavy atom. The zero-order chi connectivity index (χ0) is 23.3. The average Bonchev–Trinajstić information content (AvgIpc) is 3.53. The number of piperidine rings is 1. The molecule has 32 heavy (non-hydrogen) atoms. The minimum atomic E-state index is -5.08. The van der Waals surface area contributed by atoms with Crippen molar-refractivity contribution in [3.05, 3.63) is 29.8 Å². The summed E-state index contributed by atoms with van der Waals surface area (Å²) in [6, 6.07) is 8.34. The largest absolute Gasteiger partial charge is 0.497 e. The Morgan fingerprint density at radius 3 is 2.44 bits per heavy atom. The van der Waals surface area contributed by atoms with Gasteiger partial charge in [0.25, 0.3) is 0 Å². The molecule has 2 saturated heterocycles. The molecule has 178 valence electrons. The SMILES string of the molecule is COc1ccc(CN2CC[C@@H]3[C@@H](CO[C@H]3CNC(=O)C3CC3)C2)cc1.O=C(O)C(F)(F)F. The van der Waals surface area contributed by atoms with Crippen LogP contribution in [0.1, 0.15) is 24.8 Å². The van der Waals surface area contributed by atoms with E-state index in [0.717, 1.165) is 51.3 Å². The molecule has 0 bridgehead atoms. The summed E-state index contributed by atoms with van der Waals surface area (Å²) < 4.78 is 43.0. The Labute approximate surface area is 184 Å². The Kier molecular flexibility index (Phi) is 8.00. The topological polar surface area (TPSA) is 88.1 Å². The summed E-state index contributed by atoms with van der Waals surface area (Å²) in [6.45, 7) is 4.69. The molecule has 0 unspecified atom stereocenters. The van der Waals surface area contributed by atoms with Crippen LogP contribution < -0.4 is 10.1 Å². The number of aliphatic carboxylic acids is 1. The summed E-state index contributed by atoms with van der Waals surface area (Å²) in [5.41, 5.74) is 1.33. The molecule has 4 rings (SSSR count). The van der Waals surface area contributed by atoms with Crippen LogP contribution in [-0.4, -0.2) is 67.5 Å². The minimum absolute atomic E-state index is 0.204. The number of nitrogens with zero attached hydrogens (tertiary/aromatic N) is 1. The number of alkyl halides is 3. The lowest BCUT2D eigenvalue weighted by atomic mass is 9.84. The number of carboxylic acid groups (broad SMARTS) is 1. The maximum atomic E-state index is 11.8. The molecule has 1 amide bonds. The fourth-order valence-electron chi connectivity index (χ4n) is 4.20. The number of likely N-dealkylation sites (tertiary alicyclic amines) is 1. The minimum Gasteiger partial charge on any atom is -0.497 e. The third-order valence-corrected chi connectivity index (χ3v) is 6.11. The number of ether oxygens (including phenoxy) is 2. The van der Waals surface area contributed by atoms with E-state index < -0.39 is 12.1 Å². The van der Waals surface area contributed by atoms with Crippen LogP contribution in [0, 0.1) is 17.8 Å². The van der Waals surface area contributed by atoms with E-state index in [2.05, 4.69) is 22.3 Å². The second kappa shape index (κ2) is 10.5. The van der Waals surface area contributed by atoms with E-state index in [-0.39, 0.29) is 17.9 Å². The van der Waals surface area contributed by atoms with Gasteiger partial charge in [-0.15, -0.1) is 0 Å². The van der Waals surface area contributed by atoms with Gasteiger partial charge in [-0.05, 0) is 49.4 Å². The van der Waals surface area contributed by atoms with E-state index in [1.54, 1.807) is 7.11 Å². The lowest BCUT2D eigenvalue weighted by molar-refractivity contribution is -0.192. The normalized spacial score (nSPS) is 25.3. The summed E-state index contributed by atoms with van der Waals surface area (Å²) in [5, 5.41) is 10.2. The highest BCUT2D eigenvalue weighted by Gasteiger charge is 2.41. The molecule has 2 heterocycles. The number of methoxy groups -OCH3 is 1. The number of fused-ring (bicyclic) bond motifs is 1. The summed E-state index contributed by atoms with van der Waals surface area (Å²) in [5.74, 6) is -0.163. The van der Waals surface area contributed by atoms with Crippen molar-refractivity contribution in [1.29, 1.82) is 0 Å². The number of carbonyl (C=O) groups is 2. The standard InChI is InChI=1S/C20H28N2O3.C2HF3O2/c1-24-17-6-2-14(3-7-17)11-22-9-8-18-16(12-22)13-25-19(18)10-21-20(23)15-4-5-15;3-2(4,5)1(6)7/h2-3,6-7,15-16,18-19H,4-5,8-13H2,1H3,(H,21,23);(H,6,7)/t16-,18-,19+;/m1./s1. The first-order valence-corrected chi connectivity index (χ1v) is 10.7. The van der Waals surface area contributed by atoms with Crippen LogP contribution >= 0.6 is 0 Å². The van der Waals surface area contributed by atoms with Crippen molar-refractivity contribution in [3.63, 3.8) is 0 Å². The highest BCUT2D eigenvalue weighted by Crippen LogP contribution is 2.35. The third-order valence-electron chi connectivity index (χ3n) is 6.11. The van der Waals surface area contributed by atoms with Gasteiger partial charge in [0.2, 0.25) is 5.91 Å². The smallest absolute Gasteiger partial charge is 0.490 e. The first-order valence-electron chi connectivity index (χ1n) is 10.7. The predicted octanol–water partition coefficient (Wildman–Crippen LogP) is 2.69. The Balaban J connectivity index is 0.000000360. The van der Waals surface area contributed by atoms with E-state index in [0.29, 0.717) is 18.4 Å². The number of hydrogen-bond donors (Lipinski definition) is 2. The number of benzene rings is 1. The molecule has 0 aromatic heterocycles. The molecule has 10 heteroatoms. The van der Waals surface area contributed by atoms with Crippen LogP contribution in [0.15, 0.2) is 24.3 Å². The van der Waals surface area contributed by atoms with Crippen molar-refractivity contribution in [2.45, 2.75) is 38.1 Å². The highest BCUT2D eigenvalue weighted by atomic mass is 19.4. The predicted molar refractivity (Wildman–Crippen MR) is 109 cm³/mol. The average molecular weight is 458 g/mol. The second-order valence-corrected chi connectivity index (χ2v) is 8.49. The number of halogens is 3. The summed E-state index contributed by atoms with van der Waals surface area (Å²) in [6.07, 6.45) is -1.60. The number of carbonyl (C=O) groups excluding carboxylic acids is 1. The summed E-state index contributed by atoms with van der Waals surface area (Å²) in [7, 11) is 1.70. The van der Waals surface area contributed by atoms with Crippen LogP contribution in [0.2, 0.25) is 0 Å². The van der Waals surface area contributed by atoms with Gasteiger partial charge in [0.1, 0.15) is 5.75 Å². The molecule has 2 aliphatic heterocycles. The maximum Gasteiger partial charge on any atom is 0.490 e. The number of rotatable bonds is 6. The van der Waals surface area contributed by atoms with E-state index in [1.807, 2.05) is 12.1 Å². The van der Waals surface area contributed by atoms with Gasteiger partial charge in [-0.2, -0.15) is 13.2 Å². The van der Waals surface area contributed by atoms with E-state index in [9.17, 15) is 18.0 Å². The third kappa shape index (κ3) is 6.83. The van der Waals surface area contributed by atoms with Crippen LogP contribution in [-0.2, 0) is 20.9 Å². The van der Waals surface area contributed by atoms with Gasteiger partial charge in [0, 0.05) is 31.5 Å². The Morgan fingerprint density at radius 1 is 1.22 bits per heavy atom. The van der Waals surface area contributed by atoms with Crippen molar-refractivity contribution in [2.75, 3.05) is 33.4 Å². The van der Waals surface area contributed by atoms with Crippen molar-refractivity contribution in [1.82, 2.24) is 10.2 Å². The van der Waals surface area contributed by atoms with E-state index in [4.69, 9.17) is 19.4 Å². The molecule has 3 atom stereocenters. The van der Waals surface area contributed by atoms with Crippen molar-refractivity contribution in [3.8, 4) is 5.75 Å². The van der Waals surface area contributed by atoms with Gasteiger partial charge in [0.15, 0.2) is 0 Å². The number of carboxylic acids is 1. The molecule has 1 aliphatic carbocycles. The van der Waals surface area contributed by atoms with Crippen molar-refractivity contribution >= 4 is 11.9 Å². The lowest BCUT2D eigenvalue weighted by Gasteiger charge is -2.35. The van der Waals surface area contributed by atoms with Crippen molar-refractivity contribution in [2.24, 2.45) is 17.8 Å². The molecular weight excluding hydrogens is 429 g/mol. The molecule has 1 aromatic carbocycles. The number of hydrogen-bond acceptors (Lipinski definition) is 5. The number of amides is 1. The fraction of sp³-hybridized carbons (Fsp3) is 0.636. The monoisotopic (exact) mass is 458 g/mol. The first kappa shape index (κ1) is 24.3. The van der Waals surface area contributed by atoms with Gasteiger partial charge < -0.3 is 19.9 Å². The Bertz CT molecular complexity index is 783. The molecule has 2 N–H and O–H groups in total. The molecule has 0 radical (unpaired) electrons. The van der Waals surface area contributed by atoms with Gasteiger partial charge in [0.05, 0.1) is 19.8 Å². The van der Waals surface area contributed by atoms with Crippen LogP contribution in [0.3, 0.4) is 0 Å². The van der Waals surface area contributed by atoms with E-state index >= 15 is 0 Å². The van der Waals surface area contributed by atoms with Crippen LogP contribution in [0.25, 0.3) is 0 Å². The number of nitrogens with one attached hydrogen (secondary N) is 1. The summed E-state index contributed by atoms with van der Waals surface area (Å²) in [4.78, 5) is 23.3. The van der Waals surface area contributed by atoms with Crippen LogP contribution in [0.4, 0.5) is 13.2 Å². The zero-order valence-corrected chi connectivity index (χ0v) is 17.9. The second-order valence-electron chi connectivity index (χ2n) is 8.49. The van der Waals surface area contributed by atoms with Gasteiger partial charge in [-0.25, -0.2) is 4.79 Å². The quantitative estimate of drug-likeness (QED) is 0.682. The summed E-state index contributed by atoms with van der Waals surface area (Å²) >= 11 is 0. The van der Waals surface area contributed by atoms with Crippen LogP contribution in [0.5, 0.6) is 5.75 Å². The van der Waals surface area contributed by atoms with Gasteiger partial charge >= 0.3 is 12.1 Å². The molecule has 0 spiro atoms. The van der Waals surface area contributed by atoms with Crippen molar-refractivity contribution < 1.29 is 37.3 Å². The molecule has 3 fully saturated rings. The molecular formula is C22H29F3N2O5. The lowest BCUT2D eigenvalue weighted by Crippen LogP contribution is -2.43. The fourth-order valence-corrected chi connectivity index (χ4v) is 4.20. The molecule has 7 nitrogen and oxygen atoms in total. The first-order chi connectivity index (χ1) is 15.2.